The van der Waals surface area contributed by atoms with Crippen molar-refractivity contribution >= 4 is 5.97 Å². The Hall–Kier alpha value is -0.650. The number of hydrogen-bond acceptors (Lipinski definition) is 5. The molecular weight excluding hydrogens is 270 g/mol. The van der Waals surface area contributed by atoms with E-state index in [1.54, 1.807) is 0 Å². The third kappa shape index (κ3) is 4.41. The molecule has 0 spiro atoms. The van der Waals surface area contributed by atoms with E-state index in [2.05, 4.69) is 19.2 Å². The van der Waals surface area contributed by atoms with Crippen molar-refractivity contribution in [3.63, 3.8) is 0 Å². The van der Waals surface area contributed by atoms with Gasteiger partial charge in [-0.15, -0.1) is 0 Å². The summed E-state index contributed by atoms with van der Waals surface area (Å²) in [5.74, 6) is 0.384. The zero-order valence-corrected chi connectivity index (χ0v) is 13.5. The highest BCUT2D eigenvalue weighted by atomic mass is 16.5. The lowest BCUT2D eigenvalue weighted by Crippen LogP contribution is -2.54. The second-order valence-electron chi connectivity index (χ2n) is 6.53. The van der Waals surface area contributed by atoms with Crippen LogP contribution in [0.1, 0.15) is 46.5 Å². The van der Waals surface area contributed by atoms with Crippen LogP contribution in [0.15, 0.2) is 0 Å². The molecular formula is C16H29NO4. The molecule has 3 unspecified atom stereocenters. The molecule has 3 atom stereocenters. The summed E-state index contributed by atoms with van der Waals surface area (Å²) in [6, 6.07) is 0.247. The van der Waals surface area contributed by atoms with Crippen LogP contribution in [-0.2, 0) is 19.0 Å². The second kappa shape index (κ2) is 7.56. The summed E-state index contributed by atoms with van der Waals surface area (Å²) in [7, 11) is 0. The minimum absolute atomic E-state index is 0.131. The Morgan fingerprint density at radius 1 is 1.43 bits per heavy atom. The van der Waals surface area contributed by atoms with Crippen LogP contribution >= 0.6 is 0 Å². The summed E-state index contributed by atoms with van der Waals surface area (Å²) in [4.78, 5) is 12.3. The van der Waals surface area contributed by atoms with Crippen molar-refractivity contribution in [3.8, 4) is 0 Å². The topological polar surface area (TPSA) is 56.8 Å². The van der Waals surface area contributed by atoms with Crippen LogP contribution in [0.25, 0.3) is 0 Å². The van der Waals surface area contributed by atoms with Gasteiger partial charge in [-0.05, 0) is 40.0 Å². The Kier molecular flexibility index (Phi) is 6.02. The SMILES string of the molecule is CCOC(=O)C1(NC(C)C)CCC(OCC2CCOC2)C1. The van der Waals surface area contributed by atoms with E-state index in [1.165, 1.54) is 0 Å². The summed E-state index contributed by atoms with van der Waals surface area (Å²) in [6.45, 7) is 8.79. The molecule has 0 aromatic heterocycles. The number of carbonyl (C=O) groups is 1. The maximum absolute atomic E-state index is 12.3. The van der Waals surface area contributed by atoms with Gasteiger partial charge in [-0.3, -0.25) is 10.1 Å². The maximum atomic E-state index is 12.3. The molecule has 1 N–H and O–H groups in total. The van der Waals surface area contributed by atoms with Gasteiger partial charge in [-0.25, -0.2) is 0 Å². The van der Waals surface area contributed by atoms with Gasteiger partial charge in [0.25, 0.3) is 0 Å². The second-order valence-corrected chi connectivity index (χ2v) is 6.53. The van der Waals surface area contributed by atoms with Crippen molar-refractivity contribution < 1.29 is 19.0 Å². The van der Waals surface area contributed by atoms with Gasteiger partial charge in [0, 0.05) is 25.0 Å². The van der Waals surface area contributed by atoms with Crippen molar-refractivity contribution in [1.82, 2.24) is 5.32 Å². The van der Waals surface area contributed by atoms with Crippen molar-refractivity contribution in [3.05, 3.63) is 0 Å². The quantitative estimate of drug-likeness (QED) is 0.728. The predicted octanol–water partition coefficient (Wildman–Crippen LogP) is 1.89. The Morgan fingerprint density at radius 3 is 2.86 bits per heavy atom. The van der Waals surface area contributed by atoms with E-state index in [4.69, 9.17) is 14.2 Å². The molecule has 1 saturated heterocycles. The molecule has 122 valence electrons. The Balaban J connectivity index is 1.88. The first-order valence-corrected chi connectivity index (χ1v) is 8.20. The number of ether oxygens (including phenoxy) is 3. The fourth-order valence-corrected chi connectivity index (χ4v) is 3.33. The lowest BCUT2D eigenvalue weighted by molar-refractivity contribution is -0.151. The molecule has 5 nitrogen and oxygen atoms in total. The molecule has 0 aromatic rings. The summed E-state index contributed by atoms with van der Waals surface area (Å²) in [5, 5.41) is 3.42. The predicted molar refractivity (Wildman–Crippen MR) is 80.2 cm³/mol. The van der Waals surface area contributed by atoms with E-state index in [0.29, 0.717) is 18.9 Å². The summed E-state index contributed by atoms with van der Waals surface area (Å²) < 4.78 is 16.7. The van der Waals surface area contributed by atoms with Crippen LogP contribution in [0.5, 0.6) is 0 Å². The fraction of sp³-hybridized carbons (Fsp3) is 0.938. The fourth-order valence-electron chi connectivity index (χ4n) is 3.33. The van der Waals surface area contributed by atoms with Crippen LogP contribution in [0.3, 0.4) is 0 Å². The Morgan fingerprint density at radius 2 is 2.24 bits per heavy atom. The smallest absolute Gasteiger partial charge is 0.326 e. The van der Waals surface area contributed by atoms with Gasteiger partial charge >= 0.3 is 5.97 Å². The number of nitrogens with one attached hydrogen (secondary N) is 1. The lowest BCUT2D eigenvalue weighted by atomic mass is 9.96. The van der Waals surface area contributed by atoms with Crippen molar-refractivity contribution in [2.24, 2.45) is 5.92 Å². The molecule has 2 rings (SSSR count). The molecule has 1 aliphatic heterocycles. The molecule has 2 fully saturated rings. The van der Waals surface area contributed by atoms with Crippen molar-refractivity contribution in [2.75, 3.05) is 26.4 Å². The largest absolute Gasteiger partial charge is 0.465 e. The first-order chi connectivity index (χ1) is 10.1. The monoisotopic (exact) mass is 299 g/mol. The maximum Gasteiger partial charge on any atom is 0.326 e. The first kappa shape index (κ1) is 16.7. The molecule has 0 aromatic carbocycles. The van der Waals surface area contributed by atoms with Crippen LogP contribution < -0.4 is 5.32 Å². The van der Waals surface area contributed by atoms with Gasteiger partial charge in [0.05, 0.1) is 25.9 Å². The molecule has 21 heavy (non-hydrogen) atoms. The van der Waals surface area contributed by atoms with Gasteiger partial charge in [0.2, 0.25) is 0 Å². The average Bonchev–Trinajstić information content (AvgIpc) is 3.06. The molecule has 0 amide bonds. The molecule has 0 bridgehead atoms. The molecule has 1 aliphatic carbocycles. The van der Waals surface area contributed by atoms with Crippen molar-refractivity contribution in [1.29, 1.82) is 0 Å². The third-order valence-electron chi connectivity index (χ3n) is 4.29. The Labute approximate surface area is 127 Å². The van der Waals surface area contributed by atoms with Crippen molar-refractivity contribution in [2.45, 2.75) is 64.1 Å². The highest BCUT2D eigenvalue weighted by molar-refractivity contribution is 5.81. The molecule has 2 aliphatic rings. The van der Waals surface area contributed by atoms with Crippen LogP contribution in [0.2, 0.25) is 0 Å². The molecule has 5 heteroatoms. The van der Waals surface area contributed by atoms with E-state index in [9.17, 15) is 4.79 Å². The highest BCUT2D eigenvalue weighted by Crippen LogP contribution is 2.34. The Bertz CT molecular complexity index is 341. The average molecular weight is 299 g/mol. The highest BCUT2D eigenvalue weighted by Gasteiger charge is 2.47. The van der Waals surface area contributed by atoms with Crippen LogP contribution in [0, 0.1) is 5.92 Å². The van der Waals surface area contributed by atoms with Crippen LogP contribution in [0.4, 0.5) is 0 Å². The zero-order valence-electron chi connectivity index (χ0n) is 13.5. The summed E-state index contributed by atoms with van der Waals surface area (Å²) in [5.41, 5.74) is -0.568. The van der Waals surface area contributed by atoms with Gasteiger partial charge in [0.15, 0.2) is 0 Å². The minimum atomic E-state index is -0.568. The lowest BCUT2D eigenvalue weighted by Gasteiger charge is -2.30. The summed E-state index contributed by atoms with van der Waals surface area (Å²) in [6.07, 6.45) is 3.63. The van der Waals surface area contributed by atoms with Gasteiger partial charge in [-0.1, -0.05) is 0 Å². The number of carbonyl (C=O) groups excluding carboxylic acids is 1. The number of esters is 1. The minimum Gasteiger partial charge on any atom is -0.465 e. The normalized spacial score (nSPS) is 32.8. The molecule has 1 saturated carbocycles. The van der Waals surface area contributed by atoms with E-state index >= 15 is 0 Å². The number of hydrogen-bond donors (Lipinski definition) is 1. The van der Waals surface area contributed by atoms with E-state index in [0.717, 1.165) is 39.1 Å². The molecule has 1 heterocycles. The standard InChI is InChI=1S/C16H29NO4/c1-4-20-15(18)16(17-12(2)3)7-5-14(9-16)21-11-13-6-8-19-10-13/h12-14,17H,4-11H2,1-3H3. The third-order valence-corrected chi connectivity index (χ3v) is 4.29. The summed E-state index contributed by atoms with van der Waals surface area (Å²) >= 11 is 0. The van der Waals surface area contributed by atoms with Gasteiger partial charge in [-0.2, -0.15) is 0 Å². The van der Waals surface area contributed by atoms with Crippen LogP contribution in [-0.4, -0.2) is 50.1 Å². The van der Waals surface area contributed by atoms with E-state index < -0.39 is 5.54 Å². The van der Waals surface area contributed by atoms with E-state index in [1.807, 2.05) is 6.92 Å². The zero-order chi connectivity index (χ0) is 15.3. The molecule has 0 radical (unpaired) electrons. The van der Waals surface area contributed by atoms with Gasteiger partial charge < -0.3 is 14.2 Å². The first-order valence-electron chi connectivity index (χ1n) is 8.20. The van der Waals surface area contributed by atoms with Gasteiger partial charge in [0.1, 0.15) is 5.54 Å². The number of rotatable bonds is 7. The van der Waals surface area contributed by atoms with E-state index in [-0.39, 0.29) is 18.1 Å².